The smallest absolute Gasteiger partial charge is 0.339 e. The molecule has 2 amide bonds. The van der Waals surface area contributed by atoms with Gasteiger partial charge in [0.15, 0.2) is 0 Å². The molecule has 10 heteroatoms. The van der Waals surface area contributed by atoms with Gasteiger partial charge in [-0.2, -0.15) is 0 Å². The van der Waals surface area contributed by atoms with Gasteiger partial charge in [0.1, 0.15) is 27.5 Å². The maximum Gasteiger partial charge on any atom is 0.339 e. The fraction of sp³-hybridized carbons (Fsp3) is 0.100. The standard InChI is InChI=1S/C20H15FN2O5S2/c1-10(17(25)22-12-6-7-13(19(27)28)15(24)9-12)23-18(26)16(30-20(23)29)8-11-4-2-3-5-14(11)21/h2-10,24H,1H3,(H,22,25)(H,27,28)/b16-8+/t10-/m0/s1. The summed E-state index contributed by atoms with van der Waals surface area (Å²) in [6, 6.07) is 8.52. The van der Waals surface area contributed by atoms with Gasteiger partial charge < -0.3 is 15.5 Å². The molecule has 0 radical (unpaired) electrons. The number of hydrogen-bond acceptors (Lipinski definition) is 6. The van der Waals surface area contributed by atoms with Crippen LogP contribution in [0.25, 0.3) is 6.08 Å². The first-order valence-electron chi connectivity index (χ1n) is 8.58. The van der Waals surface area contributed by atoms with E-state index in [9.17, 15) is 23.9 Å². The number of benzene rings is 2. The summed E-state index contributed by atoms with van der Waals surface area (Å²) in [4.78, 5) is 37.6. The quantitative estimate of drug-likeness (QED) is 0.477. The number of anilines is 1. The minimum absolute atomic E-state index is 0.148. The molecule has 1 saturated heterocycles. The van der Waals surface area contributed by atoms with Crippen molar-refractivity contribution in [3.05, 3.63) is 64.3 Å². The lowest BCUT2D eigenvalue weighted by molar-refractivity contribution is -0.129. The lowest BCUT2D eigenvalue weighted by atomic mass is 10.1. The van der Waals surface area contributed by atoms with Crippen LogP contribution in [0.4, 0.5) is 10.1 Å². The number of thiocarbonyl (C=S) groups is 1. The summed E-state index contributed by atoms with van der Waals surface area (Å²) in [7, 11) is 0. The van der Waals surface area contributed by atoms with E-state index in [1.807, 2.05) is 0 Å². The highest BCUT2D eigenvalue weighted by atomic mass is 32.2. The number of nitrogens with zero attached hydrogens (tertiary/aromatic N) is 1. The van der Waals surface area contributed by atoms with Gasteiger partial charge in [-0.3, -0.25) is 14.5 Å². The minimum Gasteiger partial charge on any atom is -0.507 e. The summed E-state index contributed by atoms with van der Waals surface area (Å²) in [6.07, 6.45) is 1.38. The molecule has 0 aliphatic carbocycles. The number of aromatic hydroxyl groups is 1. The normalized spacial score (nSPS) is 16.1. The number of thioether (sulfide) groups is 1. The Morgan fingerprint density at radius 2 is 1.97 bits per heavy atom. The Kier molecular flexibility index (Phi) is 6.18. The molecule has 1 heterocycles. The predicted octanol–water partition coefficient (Wildman–Crippen LogP) is 3.46. The van der Waals surface area contributed by atoms with Gasteiger partial charge in [-0.1, -0.05) is 42.2 Å². The van der Waals surface area contributed by atoms with E-state index in [-0.39, 0.29) is 26.0 Å². The Hall–Kier alpha value is -3.24. The number of aromatic carboxylic acids is 1. The summed E-state index contributed by atoms with van der Waals surface area (Å²) in [5, 5.41) is 21.2. The van der Waals surface area contributed by atoms with Crippen molar-refractivity contribution in [2.75, 3.05) is 5.32 Å². The fourth-order valence-electron chi connectivity index (χ4n) is 2.70. The lowest BCUT2D eigenvalue weighted by Crippen LogP contribution is -2.44. The number of carboxylic acids is 1. The summed E-state index contributed by atoms with van der Waals surface area (Å²) >= 11 is 6.18. The molecule has 0 saturated carbocycles. The molecule has 0 spiro atoms. The molecule has 30 heavy (non-hydrogen) atoms. The number of halogens is 1. The average Bonchev–Trinajstić information content (AvgIpc) is 2.96. The zero-order chi connectivity index (χ0) is 22.0. The molecule has 2 aromatic rings. The largest absolute Gasteiger partial charge is 0.507 e. The lowest BCUT2D eigenvalue weighted by Gasteiger charge is -2.22. The minimum atomic E-state index is -1.31. The predicted molar refractivity (Wildman–Crippen MR) is 115 cm³/mol. The van der Waals surface area contributed by atoms with Crippen LogP contribution in [0, 0.1) is 5.82 Å². The Balaban J connectivity index is 1.77. The molecule has 3 N–H and O–H groups in total. The van der Waals surface area contributed by atoms with Crippen LogP contribution in [0.3, 0.4) is 0 Å². The third kappa shape index (κ3) is 4.34. The molecule has 154 valence electrons. The molecule has 3 rings (SSSR count). The topological polar surface area (TPSA) is 107 Å². The number of carbonyl (C=O) groups is 3. The molecule has 1 fully saturated rings. The van der Waals surface area contributed by atoms with Gasteiger partial charge in [0.25, 0.3) is 5.91 Å². The molecule has 1 aliphatic rings. The molecule has 7 nitrogen and oxygen atoms in total. The summed E-state index contributed by atoms with van der Waals surface area (Å²) in [6.45, 7) is 1.47. The Labute approximate surface area is 180 Å². The van der Waals surface area contributed by atoms with Crippen molar-refractivity contribution in [3.63, 3.8) is 0 Å². The van der Waals surface area contributed by atoms with E-state index >= 15 is 0 Å². The zero-order valence-electron chi connectivity index (χ0n) is 15.5. The van der Waals surface area contributed by atoms with E-state index in [0.717, 1.165) is 28.8 Å². The van der Waals surface area contributed by atoms with Gasteiger partial charge in [0.05, 0.1) is 4.91 Å². The van der Waals surface area contributed by atoms with Crippen LogP contribution in [0.15, 0.2) is 47.4 Å². The van der Waals surface area contributed by atoms with Gasteiger partial charge >= 0.3 is 5.97 Å². The van der Waals surface area contributed by atoms with Crippen LogP contribution in [-0.2, 0) is 9.59 Å². The fourth-order valence-corrected chi connectivity index (χ4v) is 4.11. The van der Waals surface area contributed by atoms with Crippen LogP contribution in [0.1, 0.15) is 22.8 Å². The maximum absolute atomic E-state index is 13.9. The van der Waals surface area contributed by atoms with E-state index in [1.165, 1.54) is 37.3 Å². The number of carbonyl (C=O) groups excluding carboxylic acids is 2. The molecular weight excluding hydrogens is 431 g/mol. The molecular formula is C20H15FN2O5S2. The second-order valence-corrected chi connectivity index (χ2v) is 7.95. The third-order valence-electron chi connectivity index (χ3n) is 4.28. The van der Waals surface area contributed by atoms with Crippen molar-refractivity contribution in [2.24, 2.45) is 0 Å². The highest BCUT2D eigenvalue weighted by Gasteiger charge is 2.38. The Bertz CT molecular complexity index is 1100. The highest BCUT2D eigenvalue weighted by Crippen LogP contribution is 2.34. The number of rotatable bonds is 5. The molecule has 1 atom stereocenters. The first-order chi connectivity index (χ1) is 14.2. The van der Waals surface area contributed by atoms with E-state index in [1.54, 1.807) is 6.07 Å². The van der Waals surface area contributed by atoms with Crippen LogP contribution >= 0.6 is 24.0 Å². The first kappa shape index (κ1) is 21.5. The van der Waals surface area contributed by atoms with Crippen molar-refractivity contribution < 1.29 is 29.0 Å². The van der Waals surface area contributed by atoms with E-state index < -0.39 is 35.4 Å². The monoisotopic (exact) mass is 446 g/mol. The number of amides is 2. The molecule has 0 unspecified atom stereocenters. The van der Waals surface area contributed by atoms with Crippen molar-refractivity contribution in [2.45, 2.75) is 13.0 Å². The van der Waals surface area contributed by atoms with Crippen molar-refractivity contribution in [1.29, 1.82) is 0 Å². The summed E-state index contributed by atoms with van der Waals surface area (Å²) in [5.41, 5.74) is 0.0714. The second kappa shape index (κ2) is 8.64. The zero-order valence-corrected chi connectivity index (χ0v) is 17.1. The second-order valence-electron chi connectivity index (χ2n) is 6.28. The van der Waals surface area contributed by atoms with Gasteiger partial charge in [-0.05, 0) is 31.2 Å². The first-order valence-corrected chi connectivity index (χ1v) is 9.80. The van der Waals surface area contributed by atoms with E-state index in [4.69, 9.17) is 17.3 Å². The van der Waals surface area contributed by atoms with Crippen molar-refractivity contribution in [3.8, 4) is 5.75 Å². The number of carboxylic acid groups (broad SMARTS) is 1. The molecule has 2 aromatic carbocycles. The molecule has 1 aliphatic heterocycles. The van der Waals surface area contributed by atoms with Gasteiger partial charge in [0, 0.05) is 17.3 Å². The van der Waals surface area contributed by atoms with Crippen LogP contribution in [-0.4, -0.2) is 43.3 Å². The van der Waals surface area contributed by atoms with Crippen molar-refractivity contribution in [1.82, 2.24) is 4.90 Å². The Morgan fingerprint density at radius 1 is 1.27 bits per heavy atom. The Morgan fingerprint density at radius 3 is 2.60 bits per heavy atom. The van der Waals surface area contributed by atoms with Crippen LogP contribution in [0.5, 0.6) is 5.75 Å². The molecule has 0 bridgehead atoms. The van der Waals surface area contributed by atoms with E-state index in [2.05, 4.69) is 5.32 Å². The molecule has 0 aromatic heterocycles. The number of nitrogens with one attached hydrogen (secondary N) is 1. The van der Waals surface area contributed by atoms with Gasteiger partial charge in [0.2, 0.25) is 5.91 Å². The van der Waals surface area contributed by atoms with Crippen LogP contribution < -0.4 is 5.32 Å². The van der Waals surface area contributed by atoms with Gasteiger partial charge in [-0.25, -0.2) is 9.18 Å². The van der Waals surface area contributed by atoms with Crippen LogP contribution in [0.2, 0.25) is 0 Å². The third-order valence-corrected chi connectivity index (χ3v) is 5.61. The van der Waals surface area contributed by atoms with E-state index in [0.29, 0.717) is 0 Å². The maximum atomic E-state index is 13.9. The summed E-state index contributed by atoms with van der Waals surface area (Å²) in [5.74, 6) is -3.43. The average molecular weight is 446 g/mol. The highest BCUT2D eigenvalue weighted by molar-refractivity contribution is 8.26. The van der Waals surface area contributed by atoms with Crippen molar-refractivity contribution >= 4 is 57.8 Å². The summed E-state index contributed by atoms with van der Waals surface area (Å²) < 4.78 is 14.0. The SMILES string of the molecule is C[C@@H](C(=O)Nc1ccc(C(=O)O)c(O)c1)N1C(=O)/C(=C\c2ccccc2F)SC1=S. The number of hydrogen-bond donors (Lipinski definition) is 3. The van der Waals surface area contributed by atoms with Gasteiger partial charge in [-0.15, -0.1) is 0 Å². The number of phenols is 1.